The Labute approximate surface area is 114 Å². The minimum atomic E-state index is 0.110. The van der Waals surface area contributed by atoms with Crippen molar-refractivity contribution in [1.29, 1.82) is 0 Å². The van der Waals surface area contributed by atoms with Crippen LogP contribution in [0.15, 0.2) is 18.5 Å². The Morgan fingerprint density at radius 1 is 1.47 bits per heavy atom. The third-order valence-electron chi connectivity index (χ3n) is 3.78. The molecule has 0 spiro atoms. The van der Waals surface area contributed by atoms with Crippen LogP contribution in [0.4, 0.5) is 0 Å². The van der Waals surface area contributed by atoms with E-state index < -0.39 is 0 Å². The summed E-state index contributed by atoms with van der Waals surface area (Å²) in [6.45, 7) is 5.86. The number of hydrogen-bond donors (Lipinski definition) is 0. The summed E-state index contributed by atoms with van der Waals surface area (Å²) in [7, 11) is 0. The minimum absolute atomic E-state index is 0.110. The molecular formula is C14H23N3O2. The van der Waals surface area contributed by atoms with Gasteiger partial charge in [-0.15, -0.1) is 0 Å². The second kappa shape index (κ2) is 6.70. The molecule has 0 saturated carbocycles. The molecule has 1 saturated heterocycles. The first-order valence-corrected chi connectivity index (χ1v) is 7.09. The average Bonchev–Trinajstić information content (AvgIpc) is 2.98. The lowest BCUT2D eigenvalue weighted by Gasteiger charge is -2.32. The second-order valence-electron chi connectivity index (χ2n) is 5.13. The maximum Gasteiger partial charge on any atom is 0.248 e. The Morgan fingerprint density at radius 3 is 2.79 bits per heavy atom. The topological polar surface area (TPSA) is 47.4 Å². The number of amides is 1. The summed E-state index contributed by atoms with van der Waals surface area (Å²) < 4.78 is 7.49. The number of carbonyl (C=O) groups excluding carboxylic acids is 1. The van der Waals surface area contributed by atoms with E-state index >= 15 is 0 Å². The smallest absolute Gasteiger partial charge is 0.248 e. The largest absolute Gasteiger partial charge is 0.369 e. The average molecular weight is 265 g/mol. The molecule has 106 valence electrons. The van der Waals surface area contributed by atoms with Crippen molar-refractivity contribution in [2.24, 2.45) is 0 Å². The van der Waals surface area contributed by atoms with Crippen LogP contribution < -0.4 is 0 Å². The van der Waals surface area contributed by atoms with Crippen molar-refractivity contribution in [3.05, 3.63) is 18.5 Å². The number of aromatic nitrogens is 2. The van der Waals surface area contributed by atoms with Gasteiger partial charge in [0.05, 0.1) is 12.1 Å². The molecule has 1 aromatic rings. The Balaban J connectivity index is 1.75. The zero-order valence-corrected chi connectivity index (χ0v) is 11.8. The molecule has 0 bridgehead atoms. The number of ether oxygens (including phenoxy) is 1. The second-order valence-corrected chi connectivity index (χ2v) is 5.13. The van der Waals surface area contributed by atoms with Gasteiger partial charge in [0.15, 0.2) is 0 Å². The van der Waals surface area contributed by atoms with Crippen LogP contribution in [0.3, 0.4) is 0 Å². The van der Waals surface area contributed by atoms with Crippen LogP contribution in [0.2, 0.25) is 0 Å². The quantitative estimate of drug-likeness (QED) is 0.816. The van der Waals surface area contributed by atoms with Gasteiger partial charge in [0.2, 0.25) is 5.91 Å². The van der Waals surface area contributed by atoms with E-state index in [0.717, 1.165) is 32.4 Å². The van der Waals surface area contributed by atoms with Gasteiger partial charge in [-0.3, -0.25) is 9.48 Å². The van der Waals surface area contributed by atoms with Crippen LogP contribution in [0.5, 0.6) is 0 Å². The maximum absolute atomic E-state index is 12.0. The van der Waals surface area contributed by atoms with Crippen molar-refractivity contribution in [2.75, 3.05) is 19.7 Å². The number of rotatable bonds is 5. The van der Waals surface area contributed by atoms with Crippen LogP contribution in [-0.2, 0) is 9.53 Å². The molecule has 1 amide bonds. The summed E-state index contributed by atoms with van der Waals surface area (Å²) in [5.74, 6) is 0.110. The molecule has 0 aromatic carbocycles. The van der Waals surface area contributed by atoms with E-state index in [9.17, 15) is 4.79 Å². The molecule has 2 rings (SSSR count). The Hall–Kier alpha value is -1.36. The van der Waals surface area contributed by atoms with E-state index in [-0.39, 0.29) is 18.6 Å². The van der Waals surface area contributed by atoms with Crippen molar-refractivity contribution >= 4 is 5.91 Å². The van der Waals surface area contributed by atoms with Gasteiger partial charge in [0.25, 0.3) is 0 Å². The van der Waals surface area contributed by atoms with E-state index in [0.29, 0.717) is 6.04 Å². The molecule has 0 aliphatic carbocycles. The van der Waals surface area contributed by atoms with Crippen LogP contribution in [0, 0.1) is 0 Å². The SMILES string of the molecule is CCC(C)OCC(=O)N1CCC(n2cccn2)CC1. The van der Waals surface area contributed by atoms with Crippen molar-refractivity contribution in [2.45, 2.75) is 45.3 Å². The van der Waals surface area contributed by atoms with E-state index in [1.165, 1.54) is 0 Å². The van der Waals surface area contributed by atoms with Crippen LogP contribution in [-0.4, -0.2) is 46.4 Å². The summed E-state index contributed by atoms with van der Waals surface area (Å²) in [5.41, 5.74) is 0. The highest BCUT2D eigenvalue weighted by Crippen LogP contribution is 2.21. The van der Waals surface area contributed by atoms with Gasteiger partial charge in [-0.05, 0) is 32.3 Å². The minimum Gasteiger partial charge on any atom is -0.369 e. The van der Waals surface area contributed by atoms with Gasteiger partial charge < -0.3 is 9.64 Å². The number of carbonyl (C=O) groups is 1. The van der Waals surface area contributed by atoms with Gasteiger partial charge in [-0.25, -0.2) is 0 Å². The Morgan fingerprint density at radius 2 is 2.21 bits per heavy atom. The molecule has 1 aliphatic heterocycles. The standard InChI is InChI=1S/C14H23N3O2/c1-3-12(2)19-11-14(18)16-9-5-13(6-10-16)17-8-4-7-15-17/h4,7-8,12-13H,3,5-6,9-11H2,1-2H3. The van der Waals surface area contributed by atoms with Crippen LogP contribution in [0.1, 0.15) is 39.2 Å². The molecule has 1 atom stereocenters. The first-order valence-electron chi connectivity index (χ1n) is 7.09. The Bertz CT molecular complexity index is 383. The van der Waals surface area contributed by atoms with Crippen LogP contribution in [0.25, 0.3) is 0 Å². The van der Waals surface area contributed by atoms with Gasteiger partial charge in [-0.2, -0.15) is 5.10 Å². The fraction of sp³-hybridized carbons (Fsp3) is 0.714. The van der Waals surface area contributed by atoms with Gasteiger partial charge in [-0.1, -0.05) is 6.92 Å². The molecule has 1 fully saturated rings. The monoisotopic (exact) mass is 265 g/mol. The van der Waals surface area contributed by atoms with Crippen molar-refractivity contribution < 1.29 is 9.53 Å². The summed E-state index contributed by atoms with van der Waals surface area (Å²) in [4.78, 5) is 13.9. The summed E-state index contributed by atoms with van der Waals surface area (Å²) in [6, 6.07) is 2.37. The lowest BCUT2D eigenvalue weighted by molar-refractivity contribution is -0.139. The summed E-state index contributed by atoms with van der Waals surface area (Å²) in [5, 5.41) is 4.27. The first kappa shape index (κ1) is 14.1. The highest BCUT2D eigenvalue weighted by molar-refractivity contribution is 5.77. The van der Waals surface area contributed by atoms with Gasteiger partial charge in [0, 0.05) is 25.5 Å². The number of nitrogens with zero attached hydrogens (tertiary/aromatic N) is 3. The molecule has 2 heterocycles. The fourth-order valence-corrected chi connectivity index (χ4v) is 2.30. The number of likely N-dealkylation sites (tertiary alicyclic amines) is 1. The number of hydrogen-bond acceptors (Lipinski definition) is 3. The van der Waals surface area contributed by atoms with E-state index in [4.69, 9.17) is 4.74 Å². The fourth-order valence-electron chi connectivity index (χ4n) is 2.30. The highest BCUT2D eigenvalue weighted by atomic mass is 16.5. The Kier molecular flexibility index (Phi) is 4.96. The normalized spacial score (nSPS) is 18.5. The zero-order valence-electron chi connectivity index (χ0n) is 11.8. The molecule has 1 unspecified atom stereocenters. The highest BCUT2D eigenvalue weighted by Gasteiger charge is 2.24. The molecule has 5 nitrogen and oxygen atoms in total. The van der Waals surface area contributed by atoms with Crippen molar-refractivity contribution in [3.63, 3.8) is 0 Å². The number of piperidine rings is 1. The van der Waals surface area contributed by atoms with Crippen molar-refractivity contribution in [3.8, 4) is 0 Å². The lowest BCUT2D eigenvalue weighted by Crippen LogP contribution is -2.41. The molecular weight excluding hydrogens is 242 g/mol. The third-order valence-corrected chi connectivity index (χ3v) is 3.78. The maximum atomic E-state index is 12.0. The van der Waals surface area contributed by atoms with E-state index in [1.54, 1.807) is 6.20 Å². The van der Waals surface area contributed by atoms with Crippen LogP contribution >= 0.6 is 0 Å². The predicted octanol–water partition coefficient (Wildman–Crippen LogP) is 1.86. The zero-order chi connectivity index (χ0) is 13.7. The predicted molar refractivity (Wildman–Crippen MR) is 72.8 cm³/mol. The molecule has 19 heavy (non-hydrogen) atoms. The van der Waals surface area contributed by atoms with E-state index in [1.807, 2.05) is 28.8 Å². The molecule has 1 aliphatic rings. The van der Waals surface area contributed by atoms with Gasteiger partial charge in [0.1, 0.15) is 6.61 Å². The molecule has 1 aromatic heterocycles. The third kappa shape index (κ3) is 3.80. The summed E-state index contributed by atoms with van der Waals surface area (Å²) in [6.07, 6.45) is 6.83. The van der Waals surface area contributed by atoms with Gasteiger partial charge >= 0.3 is 0 Å². The molecule has 0 N–H and O–H groups in total. The molecule has 0 radical (unpaired) electrons. The lowest BCUT2D eigenvalue weighted by atomic mass is 10.1. The first-order chi connectivity index (χ1) is 9.20. The van der Waals surface area contributed by atoms with E-state index in [2.05, 4.69) is 12.0 Å². The molecule has 5 heteroatoms. The van der Waals surface area contributed by atoms with Crippen molar-refractivity contribution in [1.82, 2.24) is 14.7 Å². The summed E-state index contributed by atoms with van der Waals surface area (Å²) >= 11 is 0.